The topological polar surface area (TPSA) is 66.1 Å². The minimum Gasteiger partial charge on any atom is -0.338 e. The molecule has 0 aliphatic carbocycles. The highest BCUT2D eigenvalue weighted by Crippen LogP contribution is 2.17. The third kappa shape index (κ3) is 4.80. The summed E-state index contributed by atoms with van der Waals surface area (Å²) >= 11 is 7.27. The average Bonchev–Trinajstić information content (AvgIpc) is 3.44. The third-order valence-corrected chi connectivity index (χ3v) is 7.05. The Balaban J connectivity index is 1.99. The lowest BCUT2D eigenvalue weighted by molar-refractivity contribution is -0.123. The van der Waals surface area contributed by atoms with Crippen LogP contribution in [0.1, 0.15) is 43.7 Å². The zero-order valence-electron chi connectivity index (χ0n) is 18.5. The monoisotopic (exact) mass is 477 g/mol. The van der Waals surface area contributed by atoms with Gasteiger partial charge in [-0.25, -0.2) is 0 Å². The van der Waals surface area contributed by atoms with Gasteiger partial charge in [-0.3, -0.25) is 14.2 Å². The van der Waals surface area contributed by atoms with E-state index < -0.39 is 0 Å². The van der Waals surface area contributed by atoms with Gasteiger partial charge in [0.15, 0.2) is 5.57 Å². The smallest absolute Gasteiger partial charge is 0.273 e. The third-order valence-electron chi connectivity index (χ3n) is 5.72. The van der Waals surface area contributed by atoms with E-state index in [1.54, 1.807) is 23.1 Å². The number of amides is 1. The van der Waals surface area contributed by atoms with Crippen molar-refractivity contribution in [1.82, 2.24) is 9.47 Å². The van der Waals surface area contributed by atoms with Gasteiger partial charge in [0, 0.05) is 18.1 Å². The number of nitriles is 1. The van der Waals surface area contributed by atoms with Crippen LogP contribution in [-0.4, -0.2) is 28.5 Å². The van der Waals surface area contributed by atoms with Crippen molar-refractivity contribution < 1.29 is 4.79 Å². The number of hydrogen-bond acceptors (Lipinski definition) is 4. The number of nitrogens with zero attached hydrogens (tertiary/aromatic N) is 3. The number of rotatable bonds is 4. The highest BCUT2D eigenvalue weighted by molar-refractivity contribution is 7.07. The van der Waals surface area contributed by atoms with E-state index in [0.29, 0.717) is 38.9 Å². The van der Waals surface area contributed by atoms with Gasteiger partial charge < -0.3 is 4.90 Å². The molecule has 1 aliphatic heterocycles. The van der Waals surface area contributed by atoms with Crippen molar-refractivity contribution in [2.24, 2.45) is 0 Å². The lowest BCUT2D eigenvalue weighted by atomic mass is 10.0. The van der Waals surface area contributed by atoms with Gasteiger partial charge in [-0.15, -0.1) is 11.3 Å². The van der Waals surface area contributed by atoms with E-state index in [0.717, 1.165) is 35.3 Å². The van der Waals surface area contributed by atoms with Gasteiger partial charge in [-0.1, -0.05) is 49.7 Å². The van der Waals surface area contributed by atoms with Crippen molar-refractivity contribution in [2.45, 2.75) is 32.6 Å². The molecule has 0 saturated carbocycles. The second-order valence-corrected chi connectivity index (χ2v) is 9.81. The van der Waals surface area contributed by atoms with E-state index in [1.807, 2.05) is 36.4 Å². The first-order valence-electron chi connectivity index (χ1n) is 10.9. The second kappa shape index (κ2) is 9.78. The molecule has 0 spiro atoms. The Morgan fingerprint density at radius 3 is 2.45 bits per heavy atom. The average molecular weight is 478 g/mol. The summed E-state index contributed by atoms with van der Waals surface area (Å²) in [4.78, 5) is 28.4. The minimum atomic E-state index is -0.321. The summed E-state index contributed by atoms with van der Waals surface area (Å²) in [5, 5.41) is 10.5. The number of aromatic nitrogens is 1. The van der Waals surface area contributed by atoms with Gasteiger partial charge in [0.05, 0.1) is 10.2 Å². The summed E-state index contributed by atoms with van der Waals surface area (Å²) < 4.78 is 2.27. The molecule has 7 heteroatoms. The number of hydrogen-bond donors (Lipinski definition) is 0. The molecule has 0 radical (unpaired) electrons. The van der Waals surface area contributed by atoms with Crippen LogP contribution in [0, 0.1) is 11.3 Å². The molecule has 0 N–H and O–H groups in total. The van der Waals surface area contributed by atoms with Crippen LogP contribution in [0.2, 0.25) is 5.02 Å². The van der Waals surface area contributed by atoms with Gasteiger partial charge in [0.1, 0.15) is 10.7 Å². The summed E-state index contributed by atoms with van der Waals surface area (Å²) in [7, 11) is 0. The number of likely N-dealkylation sites (tertiary alicyclic amines) is 1. The molecule has 0 bridgehead atoms. The maximum atomic E-state index is 13.5. The van der Waals surface area contributed by atoms with Gasteiger partial charge in [0.2, 0.25) is 0 Å². The fourth-order valence-corrected chi connectivity index (χ4v) is 5.20. The maximum absolute atomic E-state index is 13.5. The Labute approximate surface area is 201 Å². The first-order valence-corrected chi connectivity index (χ1v) is 12.1. The molecular formula is C26H24ClN3O2S. The van der Waals surface area contributed by atoms with Gasteiger partial charge in [-0.05, 0) is 60.2 Å². The summed E-state index contributed by atoms with van der Waals surface area (Å²) in [6, 6.07) is 17.0. The van der Waals surface area contributed by atoms with Crippen molar-refractivity contribution >= 4 is 40.5 Å². The molecule has 3 aromatic rings. The summed E-state index contributed by atoms with van der Waals surface area (Å²) in [6.45, 7) is 5.46. The van der Waals surface area contributed by atoms with Crippen LogP contribution in [0.4, 0.5) is 0 Å². The van der Waals surface area contributed by atoms with Crippen LogP contribution in [-0.2, 0) is 4.79 Å². The van der Waals surface area contributed by atoms with Crippen molar-refractivity contribution in [3.05, 3.63) is 84.2 Å². The predicted molar refractivity (Wildman–Crippen MR) is 133 cm³/mol. The Morgan fingerprint density at radius 1 is 1.15 bits per heavy atom. The maximum Gasteiger partial charge on any atom is 0.273 e. The highest BCUT2D eigenvalue weighted by Gasteiger charge is 2.24. The van der Waals surface area contributed by atoms with Crippen molar-refractivity contribution in [1.29, 1.82) is 5.26 Å². The molecule has 1 amide bonds. The largest absolute Gasteiger partial charge is 0.338 e. The van der Waals surface area contributed by atoms with Gasteiger partial charge >= 0.3 is 0 Å². The van der Waals surface area contributed by atoms with E-state index in [-0.39, 0.29) is 17.0 Å². The van der Waals surface area contributed by atoms with Crippen LogP contribution in [0.5, 0.6) is 0 Å². The van der Waals surface area contributed by atoms with Crippen molar-refractivity contribution in [2.75, 3.05) is 13.1 Å². The Kier molecular flexibility index (Phi) is 6.83. The lowest BCUT2D eigenvalue weighted by Gasteiger charge is -2.14. The highest BCUT2D eigenvalue weighted by atomic mass is 35.5. The number of halogens is 1. The van der Waals surface area contributed by atoms with Crippen LogP contribution >= 0.6 is 22.9 Å². The van der Waals surface area contributed by atoms with Crippen molar-refractivity contribution in [3.8, 4) is 11.8 Å². The molecule has 33 heavy (non-hydrogen) atoms. The Morgan fingerprint density at radius 2 is 1.85 bits per heavy atom. The van der Waals surface area contributed by atoms with E-state index in [2.05, 4.69) is 19.9 Å². The molecule has 2 heterocycles. The van der Waals surface area contributed by atoms with E-state index in [1.165, 1.54) is 4.57 Å². The molecule has 1 fully saturated rings. The number of carbonyl (C=O) groups excluding carboxylic acids is 1. The first kappa shape index (κ1) is 23.0. The second-order valence-electron chi connectivity index (χ2n) is 8.34. The van der Waals surface area contributed by atoms with E-state index >= 15 is 0 Å². The molecule has 4 rings (SSSR count). The van der Waals surface area contributed by atoms with E-state index in [9.17, 15) is 14.9 Å². The van der Waals surface area contributed by atoms with Crippen LogP contribution in [0.3, 0.4) is 0 Å². The molecule has 1 saturated heterocycles. The summed E-state index contributed by atoms with van der Waals surface area (Å²) in [5.41, 5.74) is 2.28. The molecule has 168 valence electrons. The molecule has 1 aromatic heterocycles. The summed E-state index contributed by atoms with van der Waals surface area (Å²) in [5.74, 6) is 0.0283. The van der Waals surface area contributed by atoms with Crippen molar-refractivity contribution in [3.63, 3.8) is 0 Å². The fourth-order valence-electron chi connectivity index (χ4n) is 3.91. The number of benzene rings is 2. The zero-order chi connectivity index (χ0) is 23.5. The van der Waals surface area contributed by atoms with Crippen LogP contribution in [0.25, 0.3) is 17.3 Å². The van der Waals surface area contributed by atoms with Gasteiger partial charge in [-0.2, -0.15) is 5.26 Å². The van der Waals surface area contributed by atoms with E-state index in [4.69, 9.17) is 11.6 Å². The van der Waals surface area contributed by atoms with Crippen LogP contribution in [0.15, 0.2) is 53.3 Å². The lowest BCUT2D eigenvalue weighted by Crippen LogP contribution is -2.35. The first-order chi connectivity index (χ1) is 15.9. The Hall–Kier alpha value is -3.14. The molecule has 0 atom stereocenters. The summed E-state index contributed by atoms with van der Waals surface area (Å²) in [6.07, 6.45) is 3.59. The quantitative estimate of drug-likeness (QED) is 0.574. The predicted octanol–water partition coefficient (Wildman–Crippen LogP) is 3.80. The van der Waals surface area contributed by atoms with Gasteiger partial charge in [0.25, 0.3) is 11.5 Å². The molecule has 5 nitrogen and oxygen atoms in total. The molecule has 1 aliphatic rings. The fraction of sp³-hybridized carbons (Fsp3) is 0.269. The number of thiazole rings is 1. The molecule has 2 aromatic carbocycles. The zero-order valence-corrected chi connectivity index (χ0v) is 20.1. The SMILES string of the molecule is CC(C)c1ccc(-n2c(=O)/c(=C/c3cccc(Cl)c3)s/c2=C(/C#N)C(=O)N2CCCC2)cc1. The van der Waals surface area contributed by atoms with Crippen LogP contribution < -0.4 is 14.8 Å². The standard InChI is InChI=1S/C26H24ClN3O2S/c1-17(2)19-8-10-21(11-9-19)30-25(32)23(15-18-6-5-7-20(27)14-18)33-26(30)22(16-28)24(31)29-12-3-4-13-29/h5-11,14-15,17H,3-4,12-13H2,1-2H3/b23-15-,26-22-. The Bertz CT molecular complexity index is 1410. The minimum absolute atomic E-state index is 0.00215. The normalized spacial score (nSPS) is 15.1. The number of carbonyl (C=O) groups is 1. The molecular weight excluding hydrogens is 454 g/mol. The molecule has 0 unspecified atom stereocenters.